The number of amides is 2. The van der Waals surface area contributed by atoms with E-state index in [0.29, 0.717) is 32.6 Å². The van der Waals surface area contributed by atoms with Crippen molar-refractivity contribution in [1.82, 2.24) is 14.8 Å². The quantitative estimate of drug-likeness (QED) is 0.693. The first-order chi connectivity index (χ1) is 14.9. The number of aliphatic carboxylic acids is 2. The summed E-state index contributed by atoms with van der Waals surface area (Å²) in [6.45, 7) is 2.30. The standard InChI is InChI=1S/C19H21N3O3.C2H2O4/c23-18(13-17-7-4-8-20-14-17)21-9-11-22(12-10-21)19(24)25-15-16-5-2-1-3-6-16;3-1(4)2(5)6/h1-8,14H,9-13,15H2;(H,3,4)(H,5,6). The predicted octanol–water partition coefficient (Wildman–Crippen LogP) is 1.26. The van der Waals surface area contributed by atoms with Crippen LogP contribution in [-0.4, -0.2) is 75.1 Å². The number of nitrogens with zero attached hydrogens (tertiary/aromatic N) is 3. The highest BCUT2D eigenvalue weighted by atomic mass is 16.6. The fourth-order valence-electron chi connectivity index (χ4n) is 2.74. The van der Waals surface area contributed by atoms with Gasteiger partial charge in [-0.15, -0.1) is 0 Å². The Morgan fingerprint density at radius 2 is 1.42 bits per heavy atom. The molecule has 1 fully saturated rings. The minimum Gasteiger partial charge on any atom is -0.473 e. The molecule has 10 nitrogen and oxygen atoms in total. The zero-order valence-corrected chi connectivity index (χ0v) is 16.7. The minimum absolute atomic E-state index is 0.0605. The Morgan fingerprint density at radius 1 is 0.839 bits per heavy atom. The van der Waals surface area contributed by atoms with Crippen LogP contribution in [-0.2, 0) is 32.1 Å². The molecule has 2 heterocycles. The van der Waals surface area contributed by atoms with Crippen molar-refractivity contribution in [2.24, 2.45) is 0 Å². The first kappa shape index (κ1) is 23.3. The van der Waals surface area contributed by atoms with Gasteiger partial charge in [0.15, 0.2) is 0 Å². The van der Waals surface area contributed by atoms with E-state index >= 15 is 0 Å². The number of pyridine rings is 1. The lowest BCUT2D eigenvalue weighted by molar-refractivity contribution is -0.159. The summed E-state index contributed by atoms with van der Waals surface area (Å²) in [5.74, 6) is -3.59. The molecule has 2 aromatic rings. The van der Waals surface area contributed by atoms with Gasteiger partial charge in [-0.25, -0.2) is 14.4 Å². The van der Waals surface area contributed by atoms with E-state index in [1.165, 1.54) is 0 Å². The van der Waals surface area contributed by atoms with Crippen molar-refractivity contribution in [3.63, 3.8) is 0 Å². The average molecular weight is 429 g/mol. The fraction of sp³-hybridized carbons (Fsp3) is 0.286. The third-order valence-corrected chi connectivity index (χ3v) is 4.36. The molecular formula is C21H23N3O7. The van der Waals surface area contributed by atoms with Gasteiger partial charge in [-0.2, -0.15) is 0 Å². The van der Waals surface area contributed by atoms with Crippen LogP contribution in [0.4, 0.5) is 4.79 Å². The maximum atomic E-state index is 12.3. The first-order valence-electron chi connectivity index (χ1n) is 9.45. The number of hydrogen-bond acceptors (Lipinski definition) is 6. The fourth-order valence-corrected chi connectivity index (χ4v) is 2.74. The van der Waals surface area contributed by atoms with Crippen LogP contribution < -0.4 is 0 Å². The molecule has 1 aliphatic rings. The predicted molar refractivity (Wildman–Crippen MR) is 108 cm³/mol. The molecule has 0 radical (unpaired) electrons. The van der Waals surface area contributed by atoms with Crippen LogP contribution in [0.3, 0.4) is 0 Å². The number of hydrogen-bond donors (Lipinski definition) is 2. The van der Waals surface area contributed by atoms with Gasteiger partial charge < -0.3 is 24.7 Å². The second-order valence-electron chi connectivity index (χ2n) is 6.56. The Labute approximate surface area is 178 Å². The Morgan fingerprint density at radius 3 is 1.97 bits per heavy atom. The van der Waals surface area contributed by atoms with Gasteiger partial charge in [-0.3, -0.25) is 9.78 Å². The van der Waals surface area contributed by atoms with Crippen molar-refractivity contribution < 1.29 is 34.1 Å². The van der Waals surface area contributed by atoms with Gasteiger partial charge in [-0.1, -0.05) is 36.4 Å². The largest absolute Gasteiger partial charge is 0.473 e. The number of aromatic nitrogens is 1. The molecule has 2 N–H and O–H groups in total. The lowest BCUT2D eigenvalue weighted by Crippen LogP contribution is -2.51. The molecule has 1 aliphatic heterocycles. The summed E-state index contributed by atoms with van der Waals surface area (Å²) in [7, 11) is 0. The molecule has 1 aromatic heterocycles. The van der Waals surface area contributed by atoms with E-state index in [9.17, 15) is 9.59 Å². The second-order valence-corrected chi connectivity index (χ2v) is 6.56. The van der Waals surface area contributed by atoms with E-state index in [1.54, 1.807) is 22.2 Å². The van der Waals surface area contributed by atoms with Crippen LogP contribution in [0.1, 0.15) is 11.1 Å². The molecule has 0 saturated carbocycles. The van der Waals surface area contributed by atoms with Crippen LogP contribution in [0, 0.1) is 0 Å². The number of carboxylic acids is 2. The molecule has 3 rings (SSSR count). The van der Waals surface area contributed by atoms with Gasteiger partial charge in [0.25, 0.3) is 0 Å². The summed E-state index contributed by atoms with van der Waals surface area (Å²) in [6, 6.07) is 13.3. The smallest absolute Gasteiger partial charge is 0.414 e. The highest BCUT2D eigenvalue weighted by molar-refractivity contribution is 6.27. The van der Waals surface area contributed by atoms with Gasteiger partial charge in [0, 0.05) is 38.6 Å². The molecule has 10 heteroatoms. The van der Waals surface area contributed by atoms with Crippen molar-refractivity contribution in [3.8, 4) is 0 Å². The molecule has 0 bridgehead atoms. The van der Waals surface area contributed by atoms with Crippen molar-refractivity contribution >= 4 is 23.9 Å². The number of ether oxygens (including phenoxy) is 1. The maximum Gasteiger partial charge on any atom is 0.414 e. The van der Waals surface area contributed by atoms with E-state index in [1.807, 2.05) is 42.5 Å². The van der Waals surface area contributed by atoms with Crippen LogP contribution in [0.25, 0.3) is 0 Å². The van der Waals surface area contributed by atoms with E-state index in [0.717, 1.165) is 11.1 Å². The van der Waals surface area contributed by atoms with Gasteiger partial charge in [0.05, 0.1) is 6.42 Å². The monoisotopic (exact) mass is 429 g/mol. The third-order valence-electron chi connectivity index (χ3n) is 4.36. The number of carbonyl (C=O) groups is 4. The summed E-state index contributed by atoms with van der Waals surface area (Å²) in [6.07, 6.45) is 3.40. The molecule has 2 amide bonds. The molecule has 1 aromatic carbocycles. The number of carbonyl (C=O) groups excluding carboxylic acids is 2. The number of benzene rings is 1. The SMILES string of the molecule is O=C(Cc1cccnc1)N1CCN(C(=O)OCc2ccccc2)CC1.O=C(O)C(=O)O. The highest BCUT2D eigenvalue weighted by Crippen LogP contribution is 2.09. The van der Waals surface area contributed by atoms with Crippen LogP contribution in [0.2, 0.25) is 0 Å². The van der Waals surface area contributed by atoms with Crippen molar-refractivity contribution in [1.29, 1.82) is 0 Å². The van der Waals surface area contributed by atoms with Crippen LogP contribution in [0.5, 0.6) is 0 Å². The number of piperazine rings is 1. The molecule has 0 aliphatic carbocycles. The zero-order chi connectivity index (χ0) is 22.6. The molecule has 31 heavy (non-hydrogen) atoms. The Balaban J connectivity index is 0.000000501. The summed E-state index contributed by atoms with van der Waals surface area (Å²) < 4.78 is 5.33. The summed E-state index contributed by atoms with van der Waals surface area (Å²) in [4.78, 5) is 50.1. The topological polar surface area (TPSA) is 137 Å². The maximum absolute atomic E-state index is 12.3. The van der Waals surface area contributed by atoms with Crippen molar-refractivity contribution in [2.45, 2.75) is 13.0 Å². The van der Waals surface area contributed by atoms with Crippen LogP contribution in [0.15, 0.2) is 54.9 Å². The molecule has 0 unspecified atom stereocenters. The highest BCUT2D eigenvalue weighted by Gasteiger charge is 2.25. The van der Waals surface area contributed by atoms with Crippen molar-refractivity contribution in [2.75, 3.05) is 26.2 Å². The third kappa shape index (κ3) is 8.13. The molecule has 0 spiro atoms. The minimum atomic E-state index is -1.82. The van der Waals surface area contributed by atoms with E-state index in [-0.39, 0.29) is 18.6 Å². The number of carboxylic acid groups (broad SMARTS) is 2. The average Bonchev–Trinajstić information content (AvgIpc) is 2.79. The Bertz CT molecular complexity index is 870. The normalized spacial score (nSPS) is 12.9. The zero-order valence-electron chi connectivity index (χ0n) is 16.7. The molecule has 164 valence electrons. The van der Waals surface area contributed by atoms with E-state index in [4.69, 9.17) is 24.5 Å². The summed E-state index contributed by atoms with van der Waals surface area (Å²) >= 11 is 0. The van der Waals surface area contributed by atoms with Gasteiger partial charge in [0.1, 0.15) is 6.61 Å². The molecule has 0 atom stereocenters. The second kappa shape index (κ2) is 11.9. The first-order valence-corrected chi connectivity index (χ1v) is 9.45. The van der Waals surface area contributed by atoms with Gasteiger partial charge in [-0.05, 0) is 17.2 Å². The molecule has 1 saturated heterocycles. The lowest BCUT2D eigenvalue weighted by Gasteiger charge is -2.34. The Kier molecular flexibility index (Phi) is 8.96. The van der Waals surface area contributed by atoms with Crippen LogP contribution >= 0.6 is 0 Å². The van der Waals surface area contributed by atoms with Gasteiger partial charge in [0.2, 0.25) is 5.91 Å². The van der Waals surface area contributed by atoms with E-state index < -0.39 is 11.9 Å². The van der Waals surface area contributed by atoms with Gasteiger partial charge >= 0.3 is 18.0 Å². The Hall–Kier alpha value is -3.95. The summed E-state index contributed by atoms with van der Waals surface area (Å²) in [5.41, 5.74) is 1.86. The number of rotatable bonds is 4. The van der Waals surface area contributed by atoms with E-state index in [2.05, 4.69) is 4.98 Å². The van der Waals surface area contributed by atoms with Crippen molar-refractivity contribution in [3.05, 3.63) is 66.0 Å². The molecular weight excluding hydrogens is 406 g/mol. The summed E-state index contributed by atoms with van der Waals surface area (Å²) in [5, 5.41) is 14.8. The lowest BCUT2D eigenvalue weighted by atomic mass is 10.2.